The molecule has 0 N–H and O–H groups in total. The van der Waals surface area contributed by atoms with Crippen LogP contribution in [0.5, 0.6) is 0 Å². The third-order valence-corrected chi connectivity index (χ3v) is 4.59. The van der Waals surface area contributed by atoms with Gasteiger partial charge in [-0.25, -0.2) is 9.97 Å². The normalized spacial score (nSPS) is 10.8. The van der Waals surface area contributed by atoms with Crippen LogP contribution in [0.15, 0.2) is 20.5 Å². The summed E-state index contributed by atoms with van der Waals surface area (Å²) < 4.78 is 2.00. The third-order valence-electron chi connectivity index (χ3n) is 2.31. The van der Waals surface area contributed by atoms with Gasteiger partial charge in [0.2, 0.25) is 0 Å². The third kappa shape index (κ3) is 2.36. The van der Waals surface area contributed by atoms with Crippen LogP contribution in [0.1, 0.15) is 18.2 Å². The van der Waals surface area contributed by atoms with Crippen molar-refractivity contribution in [2.45, 2.75) is 20.3 Å². The highest BCUT2D eigenvalue weighted by atomic mass is 79.9. The smallest absolute Gasteiger partial charge is 0.170 e. The van der Waals surface area contributed by atoms with Crippen LogP contribution in [0.2, 0.25) is 0 Å². The van der Waals surface area contributed by atoms with E-state index in [1.165, 1.54) is 5.56 Å². The van der Waals surface area contributed by atoms with Crippen molar-refractivity contribution in [2.75, 3.05) is 0 Å². The van der Waals surface area contributed by atoms with E-state index in [2.05, 4.69) is 48.8 Å². The van der Waals surface area contributed by atoms with Gasteiger partial charge >= 0.3 is 0 Å². The number of hydrogen-bond donors (Lipinski definition) is 0. The lowest BCUT2D eigenvalue weighted by molar-refractivity contribution is 0.983. The predicted molar refractivity (Wildman–Crippen MR) is 74.9 cm³/mol. The van der Waals surface area contributed by atoms with Crippen LogP contribution >= 0.6 is 43.2 Å². The molecule has 0 aliphatic rings. The maximum Gasteiger partial charge on any atom is 0.170 e. The standard InChI is InChI=1S/C11H10Br2N2S/c1-3-7-6(2)14-11(15-10(7)13)8-4-5-9(12)16-8/h4-5H,3H2,1-2H3. The van der Waals surface area contributed by atoms with Crippen molar-refractivity contribution < 1.29 is 0 Å². The molecule has 0 atom stereocenters. The zero-order valence-electron chi connectivity index (χ0n) is 8.92. The van der Waals surface area contributed by atoms with Gasteiger partial charge in [-0.2, -0.15) is 0 Å². The monoisotopic (exact) mass is 360 g/mol. The molecule has 0 unspecified atom stereocenters. The molecule has 2 aromatic heterocycles. The van der Waals surface area contributed by atoms with Crippen molar-refractivity contribution in [1.29, 1.82) is 0 Å². The molecule has 0 saturated heterocycles. The minimum atomic E-state index is 0.789. The van der Waals surface area contributed by atoms with Gasteiger partial charge in [0.1, 0.15) is 4.60 Å². The van der Waals surface area contributed by atoms with Crippen molar-refractivity contribution in [2.24, 2.45) is 0 Å². The van der Waals surface area contributed by atoms with E-state index >= 15 is 0 Å². The van der Waals surface area contributed by atoms with Crippen molar-refractivity contribution in [3.8, 4) is 10.7 Å². The Morgan fingerprint density at radius 2 is 2.00 bits per heavy atom. The molecule has 0 aliphatic heterocycles. The van der Waals surface area contributed by atoms with Gasteiger partial charge in [0.25, 0.3) is 0 Å². The topological polar surface area (TPSA) is 25.8 Å². The van der Waals surface area contributed by atoms with Gasteiger partial charge in [-0.15, -0.1) is 11.3 Å². The Labute approximate surface area is 115 Å². The van der Waals surface area contributed by atoms with Crippen LogP contribution in [-0.4, -0.2) is 9.97 Å². The zero-order chi connectivity index (χ0) is 11.7. The van der Waals surface area contributed by atoms with E-state index in [1.54, 1.807) is 11.3 Å². The van der Waals surface area contributed by atoms with Gasteiger partial charge in [0, 0.05) is 11.3 Å². The molecule has 0 saturated carbocycles. The number of aryl methyl sites for hydroxylation is 1. The van der Waals surface area contributed by atoms with Gasteiger partial charge in [-0.3, -0.25) is 0 Å². The van der Waals surface area contributed by atoms with E-state index in [9.17, 15) is 0 Å². The molecule has 2 rings (SSSR count). The minimum absolute atomic E-state index is 0.789. The molecule has 0 bridgehead atoms. The minimum Gasteiger partial charge on any atom is -0.232 e. The molecular weight excluding hydrogens is 352 g/mol. The van der Waals surface area contributed by atoms with Crippen LogP contribution in [0.3, 0.4) is 0 Å². The second kappa shape index (κ2) is 4.94. The van der Waals surface area contributed by atoms with Crippen LogP contribution < -0.4 is 0 Å². The fourth-order valence-electron chi connectivity index (χ4n) is 1.51. The fraction of sp³-hybridized carbons (Fsp3) is 0.273. The van der Waals surface area contributed by atoms with E-state index in [-0.39, 0.29) is 0 Å². The first-order chi connectivity index (χ1) is 7.61. The number of nitrogens with zero attached hydrogens (tertiary/aromatic N) is 2. The largest absolute Gasteiger partial charge is 0.232 e. The Morgan fingerprint density at radius 1 is 1.25 bits per heavy atom. The summed E-state index contributed by atoms with van der Waals surface area (Å²) in [6.45, 7) is 4.13. The van der Waals surface area contributed by atoms with E-state index in [0.717, 1.165) is 31.2 Å². The first-order valence-electron chi connectivity index (χ1n) is 4.90. The number of halogens is 2. The molecule has 5 heteroatoms. The van der Waals surface area contributed by atoms with Gasteiger partial charge in [0.15, 0.2) is 5.82 Å². The van der Waals surface area contributed by atoms with Gasteiger partial charge < -0.3 is 0 Å². The van der Waals surface area contributed by atoms with Crippen LogP contribution in [0.25, 0.3) is 10.7 Å². The predicted octanol–water partition coefficient (Wildman–Crippen LogP) is 4.60. The summed E-state index contributed by atoms with van der Waals surface area (Å²) in [7, 11) is 0. The van der Waals surface area contributed by atoms with Crippen molar-refractivity contribution in [1.82, 2.24) is 9.97 Å². The first-order valence-corrected chi connectivity index (χ1v) is 7.30. The second-order valence-electron chi connectivity index (χ2n) is 3.36. The molecule has 2 heterocycles. The Balaban J connectivity index is 2.52. The molecule has 2 aromatic rings. The first kappa shape index (κ1) is 12.2. The molecular formula is C11H10Br2N2S. The fourth-order valence-corrected chi connectivity index (χ4v) is 3.56. The molecule has 0 aromatic carbocycles. The molecule has 0 amide bonds. The second-order valence-corrected chi connectivity index (χ2v) is 6.57. The summed E-state index contributed by atoms with van der Waals surface area (Å²) in [5.74, 6) is 0.789. The number of hydrogen-bond acceptors (Lipinski definition) is 3. The van der Waals surface area contributed by atoms with Crippen molar-refractivity contribution in [3.05, 3.63) is 31.8 Å². The SMILES string of the molecule is CCc1c(C)nc(-c2ccc(Br)s2)nc1Br. The van der Waals surface area contributed by atoms with E-state index < -0.39 is 0 Å². The molecule has 0 spiro atoms. The van der Waals surface area contributed by atoms with E-state index in [0.29, 0.717) is 0 Å². The number of aromatic nitrogens is 2. The lowest BCUT2D eigenvalue weighted by Crippen LogP contribution is -1.98. The average molecular weight is 362 g/mol. The van der Waals surface area contributed by atoms with E-state index in [4.69, 9.17) is 0 Å². The summed E-state index contributed by atoms with van der Waals surface area (Å²) >= 11 is 8.59. The molecule has 0 aliphatic carbocycles. The van der Waals surface area contributed by atoms with Crippen LogP contribution in [0, 0.1) is 6.92 Å². The highest BCUT2D eigenvalue weighted by Gasteiger charge is 2.10. The maximum atomic E-state index is 4.54. The van der Waals surface area contributed by atoms with Crippen LogP contribution in [-0.2, 0) is 6.42 Å². The summed E-state index contributed by atoms with van der Waals surface area (Å²) in [4.78, 5) is 10.1. The lowest BCUT2D eigenvalue weighted by Gasteiger charge is -2.06. The Morgan fingerprint density at radius 3 is 2.50 bits per heavy atom. The van der Waals surface area contributed by atoms with Crippen molar-refractivity contribution >= 4 is 43.2 Å². The number of thiophene rings is 1. The lowest BCUT2D eigenvalue weighted by atomic mass is 10.2. The highest BCUT2D eigenvalue weighted by molar-refractivity contribution is 9.11. The van der Waals surface area contributed by atoms with Crippen LogP contribution in [0.4, 0.5) is 0 Å². The molecule has 2 nitrogen and oxygen atoms in total. The summed E-state index contributed by atoms with van der Waals surface area (Å²) in [5, 5.41) is 0. The average Bonchev–Trinajstić information content (AvgIpc) is 2.64. The van der Waals surface area contributed by atoms with Gasteiger partial charge in [-0.1, -0.05) is 6.92 Å². The molecule has 0 radical (unpaired) electrons. The molecule has 84 valence electrons. The molecule has 16 heavy (non-hydrogen) atoms. The zero-order valence-corrected chi connectivity index (χ0v) is 12.9. The quantitative estimate of drug-likeness (QED) is 0.730. The van der Waals surface area contributed by atoms with E-state index in [1.807, 2.05) is 19.1 Å². The summed E-state index contributed by atoms with van der Waals surface area (Å²) in [6, 6.07) is 4.04. The van der Waals surface area contributed by atoms with Gasteiger partial charge in [0.05, 0.1) is 8.66 Å². The Kier molecular flexibility index (Phi) is 3.77. The summed E-state index contributed by atoms with van der Waals surface area (Å²) in [6.07, 6.45) is 0.945. The summed E-state index contributed by atoms with van der Waals surface area (Å²) in [5.41, 5.74) is 2.23. The van der Waals surface area contributed by atoms with Crippen molar-refractivity contribution in [3.63, 3.8) is 0 Å². The number of rotatable bonds is 2. The maximum absolute atomic E-state index is 4.54. The molecule has 0 fully saturated rings. The van der Waals surface area contributed by atoms with Gasteiger partial charge in [-0.05, 0) is 57.3 Å². The Bertz CT molecular complexity index is 499. The Hall–Kier alpha value is -0.260. The highest BCUT2D eigenvalue weighted by Crippen LogP contribution is 2.30.